The van der Waals surface area contributed by atoms with E-state index < -0.39 is 0 Å². The molecule has 0 radical (unpaired) electrons. The predicted octanol–water partition coefficient (Wildman–Crippen LogP) is 4.02. The first-order valence-corrected chi connectivity index (χ1v) is 7.36. The zero-order valence-electron chi connectivity index (χ0n) is 10.9. The summed E-state index contributed by atoms with van der Waals surface area (Å²) in [6.45, 7) is 4.49. The van der Waals surface area contributed by atoms with Crippen LogP contribution in [-0.2, 0) is 12.8 Å². The second-order valence-corrected chi connectivity index (χ2v) is 5.64. The summed E-state index contributed by atoms with van der Waals surface area (Å²) in [5.74, 6) is 0. The number of thiophene rings is 1. The van der Waals surface area contributed by atoms with Crippen molar-refractivity contribution in [2.75, 3.05) is 7.05 Å². The van der Waals surface area contributed by atoms with E-state index in [-0.39, 0.29) is 0 Å². The molecule has 0 spiro atoms. The van der Waals surface area contributed by atoms with Gasteiger partial charge in [-0.25, -0.2) is 0 Å². The van der Waals surface area contributed by atoms with Crippen molar-refractivity contribution in [1.29, 1.82) is 0 Å². The minimum Gasteiger partial charge on any atom is -0.317 e. The first-order valence-electron chi connectivity index (χ1n) is 6.55. The molecule has 1 heterocycles. The standard InChI is InChI=1S/C14H25NS/c1-4-7-12(15-3)8-6-9-14-11-10-13(5-2)16-14/h10-12,15H,4-9H2,1-3H3. The Morgan fingerprint density at radius 2 is 1.94 bits per heavy atom. The maximum absolute atomic E-state index is 3.41. The molecule has 0 amide bonds. The van der Waals surface area contributed by atoms with Gasteiger partial charge in [-0.2, -0.15) is 0 Å². The average Bonchev–Trinajstić information content (AvgIpc) is 2.76. The Labute approximate surface area is 104 Å². The van der Waals surface area contributed by atoms with E-state index in [4.69, 9.17) is 0 Å². The molecular weight excluding hydrogens is 214 g/mol. The Morgan fingerprint density at radius 1 is 1.19 bits per heavy atom. The highest BCUT2D eigenvalue weighted by atomic mass is 32.1. The van der Waals surface area contributed by atoms with Crippen LogP contribution in [0.5, 0.6) is 0 Å². The van der Waals surface area contributed by atoms with E-state index in [1.54, 1.807) is 4.88 Å². The van der Waals surface area contributed by atoms with Crippen molar-refractivity contribution in [1.82, 2.24) is 5.32 Å². The first-order chi connectivity index (χ1) is 7.80. The van der Waals surface area contributed by atoms with Gasteiger partial charge in [0.15, 0.2) is 0 Å². The van der Waals surface area contributed by atoms with Gasteiger partial charge >= 0.3 is 0 Å². The molecule has 0 bridgehead atoms. The largest absolute Gasteiger partial charge is 0.317 e. The summed E-state index contributed by atoms with van der Waals surface area (Å²) in [6.07, 6.45) is 7.65. The molecule has 0 aromatic carbocycles. The van der Waals surface area contributed by atoms with E-state index in [1.165, 1.54) is 43.4 Å². The summed E-state index contributed by atoms with van der Waals surface area (Å²) in [5.41, 5.74) is 0. The van der Waals surface area contributed by atoms with E-state index in [1.807, 2.05) is 11.3 Å². The van der Waals surface area contributed by atoms with Crippen LogP contribution in [0.15, 0.2) is 12.1 Å². The number of aryl methyl sites for hydroxylation is 2. The highest BCUT2D eigenvalue weighted by Crippen LogP contribution is 2.19. The zero-order chi connectivity index (χ0) is 11.8. The molecule has 1 aromatic heterocycles. The Balaban J connectivity index is 2.23. The van der Waals surface area contributed by atoms with Gasteiger partial charge in [-0.3, -0.25) is 0 Å². The fourth-order valence-corrected chi connectivity index (χ4v) is 3.05. The molecule has 2 heteroatoms. The molecule has 1 atom stereocenters. The van der Waals surface area contributed by atoms with Crippen LogP contribution in [0.1, 0.15) is 49.3 Å². The highest BCUT2D eigenvalue weighted by molar-refractivity contribution is 7.11. The second kappa shape index (κ2) is 7.86. The lowest BCUT2D eigenvalue weighted by atomic mass is 10.0. The molecule has 1 rings (SSSR count). The highest BCUT2D eigenvalue weighted by Gasteiger charge is 2.05. The van der Waals surface area contributed by atoms with Gasteiger partial charge in [0.2, 0.25) is 0 Å². The van der Waals surface area contributed by atoms with E-state index >= 15 is 0 Å². The third kappa shape index (κ3) is 4.67. The lowest BCUT2D eigenvalue weighted by Crippen LogP contribution is -2.24. The molecule has 0 aliphatic carbocycles. The Bertz CT molecular complexity index is 280. The van der Waals surface area contributed by atoms with Crippen LogP contribution >= 0.6 is 11.3 Å². The van der Waals surface area contributed by atoms with Crippen LogP contribution in [0.4, 0.5) is 0 Å². The summed E-state index contributed by atoms with van der Waals surface area (Å²) in [5, 5.41) is 3.41. The van der Waals surface area contributed by atoms with Gasteiger partial charge in [0, 0.05) is 15.8 Å². The maximum Gasteiger partial charge on any atom is 0.00640 e. The number of hydrogen-bond acceptors (Lipinski definition) is 2. The fraction of sp³-hybridized carbons (Fsp3) is 0.714. The Morgan fingerprint density at radius 3 is 2.50 bits per heavy atom. The molecule has 1 unspecified atom stereocenters. The van der Waals surface area contributed by atoms with Gasteiger partial charge in [-0.15, -0.1) is 11.3 Å². The SMILES string of the molecule is CCCC(CCCc1ccc(CC)s1)NC. The predicted molar refractivity (Wildman–Crippen MR) is 74.4 cm³/mol. The van der Waals surface area contributed by atoms with E-state index in [9.17, 15) is 0 Å². The van der Waals surface area contributed by atoms with Crippen molar-refractivity contribution in [3.05, 3.63) is 21.9 Å². The summed E-state index contributed by atoms with van der Waals surface area (Å²) < 4.78 is 0. The number of nitrogens with one attached hydrogen (secondary N) is 1. The van der Waals surface area contributed by atoms with Crippen molar-refractivity contribution in [3.8, 4) is 0 Å². The van der Waals surface area contributed by atoms with Crippen LogP contribution in [-0.4, -0.2) is 13.1 Å². The second-order valence-electron chi connectivity index (χ2n) is 4.39. The minimum atomic E-state index is 0.718. The van der Waals surface area contributed by atoms with Crippen molar-refractivity contribution in [2.45, 2.75) is 58.4 Å². The number of hydrogen-bond donors (Lipinski definition) is 1. The topological polar surface area (TPSA) is 12.0 Å². The van der Waals surface area contributed by atoms with Gasteiger partial charge in [-0.05, 0) is 51.3 Å². The summed E-state index contributed by atoms with van der Waals surface area (Å²) in [6, 6.07) is 5.30. The molecule has 0 saturated heterocycles. The van der Waals surface area contributed by atoms with Gasteiger partial charge in [0.05, 0.1) is 0 Å². The van der Waals surface area contributed by atoms with E-state index in [0.29, 0.717) is 0 Å². The van der Waals surface area contributed by atoms with Crippen LogP contribution in [0, 0.1) is 0 Å². The quantitative estimate of drug-likeness (QED) is 0.722. The summed E-state index contributed by atoms with van der Waals surface area (Å²) in [4.78, 5) is 3.08. The molecule has 16 heavy (non-hydrogen) atoms. The molecule has 0 saturated carbocycles. The molecule has 1 aromatic rings. The van der Waals surface area contributed by atoms with Gasteiger partial charge < -0.3 is 5.32 Å². The molecule has 0 aliphatic rings. The third-order valence-electron chi connectivity index (χ3n) is 3.09. The minimum absolute atomic E-state index is 0.718. The number of rotatable bonds is 8. The van der Waals surface area contributed by atoms with Crippen molar-refractivity contribution < 1.29 is 0 Å². The molecule has 1 N–H and O–H groups in total. The summed E-state index contributed by atoms with van der Waals surface area (Å²) >= 11 is 1.99. The molecule has 92 valence electrons. The van der Waals surface area contributed by atoms with Crippen molar-refractivity contribution >= 4 is 11.3 Å². The normalized spacial score (nSPS) is 12.9. The molecule has 0 aliphatic heterocycles. The maximum atomic E-state index is 3.41. The Kier molecular flexibility index (Phi) is 6.74. The van der Waals surface area contributed by atoms with Crippen LogP contribution in [0.2, 0.25) is 0 Å². The van der Waals surface area contributed by atoms with Crippen molar-refractivity contribution in [2.24, 2.45) is 0 Å². The van der Waals surface area contributed by atoms with Gasteiger partial charge in [0.1, 0.15) is 0 Å². The fourth-order valence-electron chi connectivity index (χ4n) is 2.05. The van der Waals surface area contributed by atoms with Crippen LogP contribution < -0.4 is 5.32 Å². The van der Waals surface area contributed by atoms with E-state index in [0.717, 1.165) is 6.04 Å². The zero-order valence-corrected chi connectivity index (χ0v) is 11.7. The smallest absolute Gasteiger partial charge is 0.00640 e. The molecule has 1 nitrogen and oxygen atoms in total. The lowest BCUT2D eigenvalue weighted by molar-refractivity contribution is 0.470. The van der Waals surface area contributed by atoms with Crippen LogP contribution in [0.3, 0.4) is 0 Å². The first kappa shape index (κ1) is 13.7. The van der Waals surface area contributed by atoms with Crippen molar-refractivity contribution in [3.63, 3.8) is 0 Å². The monoisotopic (exact) mass is 239 g/mol. The van der Waals surface area contributed by atoms with Gasteiger partial charge in [-0.1, -0.05) is 20.3 Å². The molecular formula is C14H25NS. The average molecular weight is 239 g/mol. The summed E-state index contributed by atoms with van der Waals surface area (Å²) in [7, 11) is 2.08. The molecule has 0 fully saturated rings. The lowest BCUT2D eigenvalue weighted by Gasteiger charge is -2.14. The Hall–Kier alpha value is -0.340. The third-order valence-corrected chi connectivity index (χ3v) is 4.38. The van der Waals surface area contributed by atoms with Gasteiger partial charge in [0.25, 0.3) is 0 Å². The van der Waals surface area contributed by atoms with Crippen LogP contribution in [0.25, 0.3) is 0 Å². The van der Waals surface area contributed by atoms with E-state index in [2.05, 4.69) is 38.3 Å².